The van der Waals surface area contributed by atoms with Crippen molar-refractivity contribution in [3.8, 4) is 11.5 Å². The summed E-state index contributed by atoms with van der Waals surface area (Å²) in [6.45, 7) is 2.50. The van der Waals surface area contributed by atoms with Gasteiger partial charge in [0.05, 0.1) is 30.2 Å². The van der Waals surface area contributed by atoms with Crippen molar-refractivity contribution in [1.29, 1.82) is 0 Å². The third kappa shape index (κ3) is 5.46. The lowest BCUT2D eigenvalue weighted by Gasteiger charge is -2.13. The molecule has 1 aromatic carbocycles. The number of ether oxygens (including phenoxy) is 3. The molecule has 0 N–H and O–H groups in total. The number of benzene rings is 1. The third-order valence-corrected chi connectivity index (χ3v) is 5.66. The molecule has 146 valence electrons. The molecule has 27 heavy (non-hydrogen) atoms. The van der Waals surface area contributed by atoms with Gasteiger partial charge in [-0.1, -0.05) is 24.0 Å². The Bertz CT molecular complexity index is 781. The maximum Gasteiger partial charge on any atom is 0.305 e. The van der Waals surface area contributed by atoms with Crippen molar-refractivity contribution in [3.63, 3.8) is 0 Å². The molecule has 2 rings (SSSR count). The number of rotatable bonds is 8. The largest absolute Gasteiger partial charge is 0.493 e. The quantitative estimate of drug-likeness (QED) is 0.321. The molecular formula is C18H20BrNO5S2. The Labute approximate surface area is 176 Å². The van der Waals surface area contributed by atoms with Gasteiger partial charge in [-0.3, -0.25) is 14.5 Å². The van der Waals surface area contributed by atoms with Crippen molar-refractivity contribution in [3.05, 3.63) is 27.1 Å². The lowest BCUT2D eigenvalue weighted by atomic mass is 10.2. The summed E-state index contributed by atoms with van der Waals surface area (Å²) < 4.78 is 16.7. The predicted octanol–water partition coefficient (Wildman–Crippen LogP) is 4.01. The molecule has 6 nitrogen and oxygen atoms in total. The van der Waals surface area contributed by atoms with E-state index in [0.29, 0.717) is 40.3 Å². The highest BCUT2D eigenvalue weighted by Crippen LogP contribution is 2.38. The standard InChI is InChI=1S/C18H20BrNO5S2/c1-4-25-15(21)6-5-7-20-17(22)14(27-18(20)26)10-11-8-12(19)16(24-3)13(9-11)23-2/h8-10H,4-7H2,1-3H3/b14-10-. The molecule has 9 heteroatoms. The van der Waals surface area contributed by atoms with Crippen LogP contribution in [-0.4, -0.2) is 48.5 Å². The molecule has 1 heterocycles. The first kappa shape index (κ1) is 21.7. The number of methoxy groups -OCH3 is 2. The summed E-state index contributed by atoms with van der Waals surface area (Å²) in [5.74, 6) is 0.706. The maximum atomic E-state index is 12.6. The SMILES string of the molecule is CCOC(=O)CCCN1C(=O)/C(=C/c2cc(Br)c(OC)c(OC)c2)SC1=S. The first-order valence-electron chi connectivity index (χ1n) is 8.23. The predicted molar refractivity (Wildman–Crippen MR) is 113 cm³/mol. The summed E-state index contributed by atoms with van der Waals surface area (Å²) in [7, 11) is 3.11. The second-order valence-electron chi connectivity index (χ2n) is 5.48. The summed E-state index contributed by atoms with van der Waals surface area (Å²) in [5.41, 5.74) is 0.784. The molecule has 1 aliphatic heterocycles. The summed E-state index contributed by atoms with van der Waals surface area (Å²) in [6.07, 6.45) is 2.52. The molecule has 1 fully saturated rings. The first-order chi connectivity index (χ1) is 12.9. The number of carbonyl (C=O) groups excluding carboxylic acids is 2. The van der Waals surface area contributed by atoms with Crippen molar-refractivity contribution < 1.29 is 23.8 Å². The molecule has 1 saturated heterocycles. The average molecular weight is 474 g/mol. The van der Waals surface area contributed by atoms with Gasteiger partial charge >= 0.3 is 5.97 Å². The minimum absolute atomic E-state index is 0.167. The second kappa shape index (κ2) is 10.1. The lowest BCUT2D eigenvalue weighted by Crippen LogP contribution is -2.29. The normalized spacial score (nSPS) is 15.4. The van der Waals surface area contributed by atoms with Gasteiger partial charge in [0.1, 0.15) is 4.32 Å². The van der Waals surface area contributed by atoms with Gasteiger partial charge in [0.25, 0.3) is 5.91 Å². The number of amides is 1. The summed E-state index contributed by atoms with van der Waals surface area (Å²) in [4.78, 5) is 26.1. The van der Waals surface area contributed by atoms with E-state index in [0.717, 1.165) is 10.0 Å². The molecule has 1 amide bonds. The van der Waals surface area contributed by atoms with Crippen molar-refractivity contribution in [2.45, 2.75) is 19.8 Å². The van der Waals surface area contributed by atoms with Crippen LogP contribution in [0, 0.1) is 0 Å². The van der Waals surface area contributed by atoms with Gasteiger partial charge in [-0.05, 0) is 53.0 Å². The Morgan fingerprint density at radius 1 is 1.33 bits per heavy atom. The number of hydrogen-bond acceptors (Lipinski definition) is 7. The van der Waals surface area contributed by atoms with E-state index in [1.54, 1.807) is 33.3 Å². The van der Waals surface area contributed by atoms with Gasteiger partial charge in [0, 0.05) is 13.0 Å². The Morgan fingerprint density at radius 2 is 2.07 bits per heavy atom. The van der Waals surface area contributed by atoms with Gasteiger partial charge < -0.3 is 14.2 Å². The summed E-state index contributed by atoms with van der Waals surface area (Å²) >= 11 is 9.99. The topological polar surface area (TPSA) is 65.1 Å². The summed E-state index contributed by atoms with van der Waals surface area (Å²) in [5, 5.41) is 0. The van der Waals surface area contributed by atoms with Gasteiger partial charge in [-0.15, -0.1) is 0 Å². The van der Waals surface area contributed by atoms with Crippen LogP contribution in [0.25, 0.3) is 6.08 Å². The van der Waals surface area contributed by atoms with Crippen LogP contribution in [0.4, 0.5) is 0 Å². The monoisotopic (exact) mass is 473 g/mol. The fourth-order valence-corrected chi connectivity index (χ4v) is 4.41. The molecule has 0 saturated carbocycles. The van der Waals surface area contributed by atoms with Gasteiger partial charge in [0.2, 0.25) is 0 Å². The van der Waals surface area contributed by atoms with Gasteiger partial charge in [-0.25, -0.2) is 0 Å². The van der Waals surface area contributed by atoms with E-state index in [2.05, 4.69) is 15.9 Å². The Morgan fingerprint density at radius 3 is 2.70 bits per heavy atom. The molecule has 1 aromatic rings. The van der Waals surface area contributed by atoms with Crippen molar-refractivity contribution >= 4 is 62.2 Å². The van der Waals surface area contributed by atoms with Crippen LogP contribution in [0.5, 0.6) is 11.5 Å². The van der Waals surface area contributed by atoms with Gasteiger partial charge in [-0.2, -0.15) is 0 Å². The van der Waals surface area contributed by atoms with Crippen molar-refractivity contribution in [1.82, 2.24) is 4.90 Å². The van der Waals surface area contributed by atoms with E-state index in [-0.39, 0.29) is 18.3 Å². The molecule has 0 atom stereocenters. The smallest absolute Gasteiger partial charge is 0.305 e. The average Bonchev–Trinajstić information content (AvgIpc) is 2.88. The van der Waals surface area contributed by atoms with E-state index >= 15 is 0 Å². The Balaban J connectivity index is 2.12. The number of thiocarbonyl (C=S) groups is 1. The fourth-order valence-electron chi connectivity index (χ4n) is 2.48. The molecule has 0 radical (unpaired) electrons. The molecule has 0 unspecified atom stereocenters. The van der Waals surface area contributed by atoms with Crippen LogP contribution >= 0.6 is 39.9 Å². The molecule has 0 spiro atoms. The van der Waals surface area contributed by atoms with Crippen LogP contribution in [0.15, 0.2) is 21.5 Å². The number of nitrogens with zero attached hydrogens (tertiary/aromatic N) is 1. The fraction of sp³-hybridized carbons (Fsp3) is 0.389. The van der Waals surface area contributed by atoms with E-state index in [9.17, 15) is 9.59 Å². The minimum Gasteiger partial charge on any atom is -0.493 e. The number of esters is 1. The third-order valence-electron chi connectivity index (χ3n) is 3.70. The van der Waals surface area contributed by atoms with Gasteiger partial charge in [0.15, 0.2) is 11.5 Å². The van der Waals surface area contributed by atoms with E-state index in [1.807, 2.05) is 6.07 Å². The highest BCUT2D eigenvalue weighted by atomic mass is 79.9. The van der Waals surface area contributed by atoms with Crippen LogP contribution in [0.1, 0.15) is 25.3 Å². The molecule has 1 aliphatic rings. The van der Waals surface area contributed by atoms with E-state index in [1.165, 1.54) is 16.7 Å². The highest BCUT2D eigenvalue weighted by Gasteiger charge is 2.31. The molecule has 0 aliphatic carbocycles. The van der Waals surface area contributed by atoms with Crippen LogP contribution in [0.2, 0.25) is 0 Å². The second-order valence-corrected chi connectivity index (χ2v) is 8.01. The maximum absolute atomic E-state index is 12.6. The van der Waals surface area contributed by atoms with Crippen LogP contribution in [-0.2, 0) is 14.3 Å². The minimum atomic E-state index is -0.270. The number of halogens is 1. The Kier molecular flexibility index (Phi) is 8.12. The molecule has 0 aromatic heterocycles. The molecular weight excluding hydrogens is 454 g/mol. The van der Waals surface area contributed by atoms with Crippen molar-refractivity contribution in [2.75, 3.05) is 27.4 Å². The van der Waals surface area contributed by atoms with Crippen molar-refractivity contribution in [2.24, 2.45) is 0 Å². The van der Waals surface area contributed by atoms with Crippen LogP contribution < -0.4 is 9.47 Å². The zero-order valence-electron chi connectivity index (χ0n) is 15.2. The number of carbonyl (C=O) groups is 2. The van der Waals surface area contributed by atoms with Crippen LogP contribution in [0.3, 0.4) is 0 Å². The highest BCUT2D eigenvalue weighted by molar-refractivity contribution is 9.10. The Hall–Kier alpha value is -1.58. The zero-order chi connectivity index (χ0) is 20.0. The zero-order valence-corrected chi connectivity index (χ0v) is 18.5. The van der Waals surface area contributed by atoms with E-state index < -0.39 is 0 Å². The summed E-state index contributed by atoms with van der Waals surface area (Å²) in [6, 6.07) is 3.63. The number of hydrogen-bond donors (Lipinski definition) is 0. The first-order valence-corrected chi connectivity index (χ1v) is 10.3. The number of thioether (sulfide) groups is 1. The molecule has 0 bridgehead atoms. The lowest BCUT2D eigenvalue weighted by molar-refractivity contribution is -0.143. The van der Waals surface area contributed by atoms with E-state index in [4.69, 9.17) is 26.4 Å².